The topological polar surface area (TPSA) is 29.5 Å². The Bertz CT molecular complexity index is 545. The van der Waals surface area contributed by atoms with Crippen LogP contribution in [0.2, 0.25) is 0 Å². The van der Waals surface area contributed by atoms with Crippen LogP contribution in [0.4, 0.5) is 0 Å². The highest BCUT2D eigenvalue weighted by molar-refractivity contribution is 14.1. The van der Waals surface area contributed by atoms with E-state index >= 15 is 0 Å². The number of nitrogens with zero attached hydrogens (tertiary/aromatic N) is 1. The molecule has 20 heavy (non-hydrogen) atoms. The van der Waals surface area contributed by atoms with E-state index in [2.05, 4.69) is 35.6 Å². The highest BCUT2D eigenvalue weighted by Crippen LogP contribution is 2.31. The molecule has 1 heterocycles. The summed E-state index contributed by atoms with van der Waals surface area (Å²) in [6, 6.07) is 6.03. The van der Waals surface area contributed by atoms with E-state index in [0.29, 0.717) is 5.94 Å². The van der Waals surface area contributed by atoms with Crippen molar-refractivity contribution in [2.24, 2.45) is 0 Å². The molecule has 1 unspecified atom stereocenters. The van der Waals surface area contributed by atoms with Crippen LogP contribution in [-0.2, 0) is 4.79 Å². The molecule has 0 fully saturated rings. The summed E-state index contributed by atoms with van der Waals surface area (Å²) in [7, 11) is 1.84. The summed E-state index contributed by atoms with van der Waals surface area (Å²) in [5.41, 5.74) is 3.22. The third-order valence-electron chi connectivity index (χ3n) is 3.30. The fraction of sp³-hybridized carbons (Fsp3) is 0.400. The van der Waals surface area contributed by atoms with Crippen molar-refractivity contribution < 1.29 is 9.53 Å². The van der Waals surface area contributed by atoms with Gasteiger partial charge >= 0.3 is 0 Å². The van der Waals surface area contributed by atoms with Crippen molar-refractivity contribution in [1.29, 1.82) is 0 Å². The first kappa shape index (κ1) is 15.7. The summed E-state index contributed by atoms with van der Waals surface area (Å²) in [6.07, 6.45) is 4.95. The van der Waals surface area contributed by atoms with Crippen molar-refractivity contribution in [3.8, 4) is 5.75 Å². The molecule has 1 atom stereocenters. The lowest BCUT2D eigenvalue weighted by Crippen LogP contribution is -2.35. The number of carbonyl (C=O) groups excluding carboxylic acids is 1. The molecular weight excluding hydrogens is 385 g/mol. The minimum atomic E-state index is 0.0471. The molecule has 0 spiro atoms. The third kappa shape index (κ3) is 3.31. The summed E-state index contributed by atoms with van der Waals surface area (Å²) in [5, 5.41) is 0. The second-order valence-corrected chi connectivity index (χ2v) is 7.03. The lowest BCUT2D eigenvalue weighted by molar-refractivity contribution is -0.126. The maximum absolute atomic E-state index is 12.1. The summed E-state index contributed by atoms with van der Waals surface area (Å²) in [6.45, 7) is 2.05. The van der Waals surface area contributed by atoms with Gasteiger partial charge in [-0.05, 0) is 43.4 Å². The van der Waals surface area contributed by atoms with Crippen molar-refractivity contribution >= 4 is 46.0 Å². The number of hydrogen-bond donors (Lipinski definition) is 0. The van der Waals surface area contributed by atoms with Gasteiger partial charge < -0.3 is 9.64 Å². The van der Waals surface area contributed by atoms with Gasteiger partial charge in [0.2, 0.25) is 5.91 Å². The molecule has 1 aromatic rings. The Morgan fingerprint density at radius 1 is 1.50 bits per heavy atom. The average Bonchev–Trinajstić information content (AvgIpc) is 2.44. The van der Waals surface area contributed by atoms with Crippen molar-refractivity contribution in [2.75, 3.05) is 19.2 Å². The summed E-state index contributed by atoms with van der Waals surface area (Å²) in [5.74, 6) is 1.69. The van der Waals surface area contributed by atoms with Crippen LogP contribution in [0.25, 0.3) is 5.70 Å². The van der Waals surface area contributed by atoms with Crippen molar-refractivity contribution in [3.63, 3.8) is 0 Å². The molecule has 5 heteroatoms. The molecule has 3 nitrogen and oxygen atoms in total. The molecule has 1 aromatic carbocycles. The number of rotatable bonds is 4. The zero-order valence-corrected chi connectivity index (χ0v) is 14.8. The van der Waals surface area contributed by atoms with E-state index in [1.165, 1.54) is 0 Å². The highest BCUT2D eigenvalue weighted by atomic mass is 127. The van der Waals surface area contributed by atoms with Gasteiger partial charge in [-0.15, -0.1) is 11.8 Å². The molecule has 108 valence electrons. The van der Waals surface area contributed by atoms with Gasteiger partial charge in [0, 0.05) is 18.3 Å². The molecule has 1 aliphatic rings. The molecule has 0 aromatic heterocycles. The fourth-order valence-corrected chi connectivity index (χ4v) is 3.14. The van der Waals surface area contributed by atoms with Gasteiger partial charge in [-0.25, -0.2) is 0 Å². The molecule has 2 rings (SSSR count). The van der Waals surface area contributed by atoms with Gasteiger partial charge in [0.05, 0.1) is 3.92 Å². The smallest absolute Gasteiger partial charge is 0.240 e. The van der Waals surface area contributed by atoms with E-state index in [0.717, 1.165) is 29.0 Å². The van der Waals surface area contributed by atoms with E-state index in [9.17, 15) is 4.79 Å². The molecule has 0 saturated carbocycles. The molecule has 1 aliphatic heterocycles. The van der Waals surface area contributed by atoms with Gasteiger partial charge in [-0.2, -0.15) is 0 Å². The number of aryl methyl sites for hydroxylation is 1. The summed E-state index contributed by atoms with van der Waals surface area (Å²) >= 11 is 3.85. The summed E-state index contributed by atoms with van der Waals surface area (Å²) < 4.78 is 5.65. The quantitative estimate of drug-likeness (QED) is 0.436. The van der Waals surface area contributed by atoms with E-state index in [4.69, 9.17) is 4.74 Å². The van der Waals surface area contributed by atoms with Crippen LogP contribution < -0.4 is 4.74 Å². The van der Waals surface area contributed by atoms with Gasteiger partial charge in [0.1, 0.15) is 11.7 Å². The minimum absolute atomic E-state index is 0.0471. The second-order valence-electron chi connectivity index (χ2n) is 4.72. The number of allylic oxidation sites excluding steroid dienone is 1. The van der Waals surface area contributed by atoms with Crippen LogP contribution >= 0.6 is 34.4 Å². The predicted octanol–water partition coefficient (Wildman–Crippen LogP) is 3.70. The first-order valence-electron chi connectivity index (χ1n) is 6.39. The van der Waals surface area contributed by atoms with Crippen LogP contribution in [0.3, 0.4) is 0 Å². The van der Waals surface area contributed by atoms with Crippen LogP contribution in [0.15, 0.2) is 24.3 Å². The molecular formula is C15H18INO2S. The Morgan fingerprint density at radius 3 is 2.90 bits per heavy atom. The maximum Gasteiger partial charge on any atom is 0.240 e. The number of ether oxygens (including phenoxy) is 1. The predicted molar refractivity (Wildman–Crippen MR) is 93.4 cm³/mol. The van der Waals surface area contributed by atoms with E-state index < -0.39 is 0 Å². The number of thioether (sulfide) groups is 1. The average molecular weight is 403 g/mol. The number of halogens is 1. The Kier molecular flexibility index (Phi) is 5.37. The molecule has 0 bridgehead atoms. The zero-order valence-electron chi connectivity index (χ0n) is 11.9. The number of alkyl halides is 1. The van der Waals surface area contributed by atoms with Crippen LogP contribution in [0, 0.1) is 6.92 Å². The third-order valence-corrected chi connectivity index (χ3v) is 4.69. The SMILES string of the molecule is CSCOc1ccc(C2=CCC(I)C(=O)N2C)c(C)c1. The highest BCUT2D eigenvalue weighted by Gasteiger charge is 2.26. The maximum atomic E-state index is 12.1. The number of amides is 1. The molecule has 0 N–H and O–H groups in total. The fourth-order valence-electron chi connectivity index (χ4n) is 2.21. The standard InChI is InChI=1S/C15H18INO2S/c1-10-8-11(19-9-20-3)4-5-12(10)14-7-6-13(16)15(18)17(14)2/h4-5,7-8,13H,6,9H2,1-3H3. The van der Waals surface area contributed by atoms with E-state index in [-0.39, 0.29) is 9.83 Å². The van der Waals surface area contributed by atoms with Gasteiger partial charge in [-0.3, -0.25) is 4.79 Å². The van der Waals surface area contributed by atoms with Crippen molar-refractivity contribution in [3.05, 3.63) is 35.4 Å². The van der Waals surface area contributed by atoms with Crippen molar-refractivity contribution in [1.82, 2.24) is 4.90 Å². The van der Waals surface area contributed by atoms with Crippen LogP contribution in [0.5, 0.6) is 5.75 Å². The molecule has 0 saturated heterocycles. The lowest BCUT2D eigenvalue weighted by atomic mass is 10.0. The molecule has 1 amide bonds. The molecule has 0 aliphatic carbocycles. The zero-order chi connectivity index (χ0) is 14.7. The number of hydrogen-bond acceptors (Lipinski definition) is 3. The Hall–Kier alpha value is -0.690. The Morgan fingerprint density at radius 2 is 2.25 bits per heavy atom. The van der Waals surface area contributed by atoms with E-state index in [1.807, 2.05) is 31.5 Å². The Balaban J connectivity index is 2.27. The summed E-state index contributed by atoms with van der Waals surface area (Å²) in [4.78, 5) is 13.8. The van der Waals surface area contributed by atoms with Crippen molar-refractivity contribution in [2.45, 2.75) is 17.3 Å². The first-order chi connectivity index (χ1) is 9.54. The largest absolute Gasteiger partial charge is 0.483 e. The normalized spacial score (nSPS) is 19.0. The lowest BCUT2D eigenvalue weighted by Gasteiger charge is -2.28. The van der Waals surface area contributed by atoms with Gasteiger partial charge in [0.25, 0.3) is 0 Å². The first-order valence-corrected chi connectivity index (χ1v) is 9.03. The minimum Gasteiger partial charge on any atom is -0.483 e. The molecule has 0 radical (unpaired) electrons. The number of benzene rings is 1. The van der Waals surface area contributed by atoms with Gasteiger partial charge in [0.15, 0.2) is 0 Å². The second kappa shape index (κ2) is 6.85. The number of carbonyl (C=O) groups is 1. The van der Waals surface area contributed by atoms with Crippen LogP contribution in [-0.4, -0.2) is 34.0 Å². The van der Waals surface area contributed by atoms with E-state index in [1.54, 1.807) is 16.7 Å². The Labute approximate surface area is 137 Å². The monoisotopic (exact) mass is 403 g/mol. The van der Waals surface area contributed by atoms with Gasteiger partial charge in [-0.1, -0.05) is 28.7 Å². The van der Waals surface area contributed by atoms with Crippen LogP contribution in [0.1, 0.15) is 17.5 Å².